The average Bonchev–Trinajstić information content (AvgIpc) is 3.90. The van der Waals surface area contributed by atoms with Crippen molar-refractivity contribution in [1.82, 2.24) is 0 Å². The Morgan fingerprint density at radius 1 is 0.673 bits per heavy atom. The van der Waals surface area contributed by atoms with Gasteiger partial charge in [-0.2, -0.15) is 0 Å². The summed E-state index contributed by atoms with van der Waals surface area (Å²) in [4.78, 5) is 22.7. The zero-order valence-corrected chi connectivity index (χ0v) is 34.4. The monoisotopic (exact) mass is 778 g/mol. The molecule has 0 aliphatic carbocycles. The number of benzene rings is 2. The summed E-state index contributed by atoms with van der Waals surface area (Å²) < 4.78 is 40.4. The van der Waals surface area contributed by atoms with Gasteiger partial charge < -0.3 is 38.0 Å². The zero-order chi connectivity index (χ0) is 39.6. The van der Waals surface area contributed by atoms with Crippen molar-refractivity contribution in [3.63, 3.8) is 0 Å². The molecule has 4 aliphatic rings. The first-order valence-electron chi connectivity index (χ1n) is 20.0. The fourth-order valence-corrected chi connectivity index (χ4v) is 12.6. The van der Waals surface area contributed by atoms with Gasteiger partial charge >= 0.3 is 11.9 Å². The first kappa shape index (κ1) is 43.0. The van der Waals surface area contributed by atoms with Crippen LogP contribution in [0.15, 0.2) is 85.0 Å². The third-order valence-electron chi connectivity index (χ3n) is 10.9. The minimum atomic E-state index is -2.51. The molecule has 0 bridgehead atoms. The van der Waals surface area contributed by atoms with E-state index >= 15 is 0 Å². The number of cyclic esters (lactones) is 2. The minimum Gasteiger partial charge on any atom is -0.434 e. The smallest absolute Gasteiger partial charge is 0.337 e. The normalized spacial score (nSPS) is 28.3. The first-order valence-corrected chi connectivity index (χ1v) is 22.0. The van der Waals surface area contributed by atoms with E-state index in [0.29, 0.717) is 19.4 Å². The van der Waals surface area contributed by atoms with Crippen LogP contribution in [0, 0.1) is 0 Å². The largest absolute Gasteiger partial charge is 0.434 e. The Hall–Kier alpha value is -3.16. The van der Waals surface area contributed by atoms with Crippen LogP contribution in [0.1, 0.15) is 98.8 Å². The van der Waals surface area contributed by atoms with Gasteiger partial charge in [0.2, 0.25) is 12.6 Å². The number of rotatable bonds is 16. The predicted octanol–water partition coefficient (Wildman–Crippen LogP) is 6.67. The lowest BCUT2D eigenvalue weighted by Crippen LogP contribution is -2.66. The molecule has 6 rings (SSSR count). The second-order valence-corrected chi connectivity index (χ2v) is 20.5. The maximum atomic E-state index is 11.6. The zero-order valence-electron chi connectivity index (χ0n) is 33.4. The molecule has 2 aromatic carbocycles. The van der Waals surface area contributed by atoms with E-state index in [2.05, 4.69) is 94.6 Å². The van der Waals surface area contributed by atoms with Gasteiger partial charge in [0.25, 0.3) is 8.32 Å². The van der Waals surface area contributed by atoms with Crippen LogP contribution in [0.25, 0.3) is 0 Å². The molecule has 2 aromatic rings. The molecule has 4 heterocycles. The molecule has 4 fully saturated rings. The van der Waals surface area contributed by atoms with Crippen LogP contribution in [0.2, 0.25) is 5.04 Å². The van der Waals surface area contributed by atoms with E-state index in [4.69, 9.17) is 38.0 Å². The van der Waals surface area contributed by atoms with E-state index in [-0.39, 0.29) is 48.0 Å². The van der Waals surface area contributed by atoms with Crippen LogP contribution in [-0.4, -0.2) is 87.8 Å². The van der Waals surface area contributed by atoms with Gasteiger partial charge in [-0.05, 0) is 91.8 Å². The SMILES string of the molecule is C=C1C[C@H](CCCO)OC1CC[C@H]1OC(=O)[C@H](C)O1.C=C1C[C@H](CCCO[Si](c2ccccc2)(c2ccccc2)C(C)(C)C)OC1CC[C@H]1OC(=O)[C@H](C)O1. The lowest BCUT2D eigenvalue weighted by atomic mass is 10.0. The summed E-state index contributed by atoms with van der Waals surface area (Å²) >= 11 is 0. The minimum absolute atomic E-state index is 0.00851. The van der Waals surface area contributed by atoms with Crippen molar-refractivity contribution in [1.29, 1.82) is 0 Å². The maximum Gasteiger partial charge on any atom is 0.337 e. The molecule has 11 heteroatoms. The molecule has 2 unspecified atom stereocenters. The number of aliphatic hydroxyl groups is 1. The molecule has 0 amide bonds. The van der Waals surface area contributed by atoms with Crippen LogP contribution >= 0.6 is 0 Å². The van der Waals surface area contributed by atoms with Gasteiger partial charge in [-0.15, -0.1) is 0 Å². The molecule has 8 atom stereocenters. The number of hydrogen-bond acceptors (Lipinski definition) is 10. The molecule has 55 heavy (non-hydrogen) atoms. The van der Waals surface area contributed by atoms with Crippen LogP contribution in [-0.2, 0) is 42.4 Å². The van der Waals surface area contributed by atoms with Gasteiger partial charge in [-0.3, -0.25) is 0 Å². The van der Waals surface area contributed by atoms with Crippen molar-refractivity contribution in [3.05, 3.63) is 85.0 Å². The summed E-state index contributed by atoms with van der Waals surface area (Å²) in [6, 6.07) is 21.5. The van der Waals surface area contributed by atoms with E-state index in [1.807, 2.05) is 0 Å². The molecule has 4 saturated heterocycles. The summed E-state index contributed by atoms with van der Waals surface area (Å²) in [7, 11) is -2.51. The fraction of sp³-hybridized carbons (Fsp3) is 0.591. The second-order valence-electron chi connectivity index (χ2n) is 16.2. The highest BCUT2D eigenvalue weighted by atomic mass is 28.4. The molecular formula is C44H62O10Si. The molecular weight excluding hydrogens is 717 g/mol. The highest BCUT2D eigenvalue weighted by Gasteiger charge is 2.50. The van der Waals surface area contributed by atoms with Gasteiger partial charge in [0, 0.05) is 26.1 Å². The maximum absolute atomic E-state index is 11.6. The lowest BCUT2D eigenvalue weighted by Gasteiger charge is -2.43. The number of aliphatic hydroxyl groups excluding tert-OH is 1. The second kappa shape index (κ2) is 19.8. The Bertz CT molecular complexity index is 1520. The Kier molecular flexibility index (Phi) is 15.5. The van der Waals surface area contributed by atoms with Crippen molar-refractivity contribution in [2.75, 3.05) is 13.2 Å². The Labute approximate surface area is 328 Å². The standard InChI is InChI=1S/C30H40O5Si.C14H22O5/c1-22-21-24(34-27(22)18-19-28-33-23(2)29(31)35-28)13-12-20-32-36(30(3,4)5,25-14-8-6-9-15-25)26-16-10-7-11-17-26;1-9-8-11(4-3-7-15)18-12(9)5-6-13-17-10(2)14(16)19-13/h6-11,14-17,23-24,27-28H,1,12-13,18-21H2,2-5H3;10-13,15H,1,3-8H2,2H3/t23-,24-,27?,28+;10-,11-,12?,13+/m00/s1. The Morgan fingerprint density at radius 2 is 1.11 bits per heavy atom. The van der Waals surface area contributed by atoms with E-state index in [1.54, 1.807) is 13.8 Å². The molecule has 0 radical (unpaired) electrons. The summed E-state index contributed by atoms with van der Waals surface area (Å²) in [5, 5.41) is 11.4. The van der Waals surface area contributed by atoms with E-state index < -0.39 is 33.1 Å². The number of ether oxygens (including phenoxy) is 6. The van der Waals surface area contributed by atoms with Crippen LogP contribution in [0.4, 0.5) is 0 Å². The summed E-state index contributed by atoms with van der Waals surface area (Å²) in [5.74, 6) is -0.582. The van der Waals surface area contributed by atoms with Crippen molar-refractivity contribution in [3.8, 4) is 0 Å². The molecule has 10 nitrogen and oxygen atoms in total. The van der Waals surface area contributed by atoms with Crippen LogP contribution in [0.3, 0.4) is 0 Å². The highest BCUT2D eigenvalue weighted by Crippen LogP contribution is 2.38. The van der Waals surface area contributed by atoms with E-state index in [0.717, 1.165) is 62.5 Å². The Morgan fingerprint density at radius 3 is 1.49 bits per heavy atom. The molecule has 0 saturated carbocycles. The van der Waals surface area contributed by atoms with Gasteiger partial charge in [0.05, 0.1) is 24.4 Å². The number of esters is 2. The van der Waals surface area contributed by atoms with Crippen molar-refractivity contribution >= 4 is 30.6 Å². The van der Waals surface area contributed by atoms with Gasteiger partial charge in [-0.1, -0.05) is 94.6 Å². The predicted molar refractivity (Wildman–Crippen MR) is 213 cm³/mol. The molecule has 4 aliphatic heterocycles. The topological polar surface area (TPSA) is 119 Å². The van der Waals surface area contributed by atoms with Crippen molar-refractivity contribution in [2.45, 2.75) is 153 Å². The van der Waals surface area contributed by atoms with E-state index in [9.17, 15) is 9.59 Å². The number of carbonyl (C=O) groups excluding carboxylic acids is 2. The molecule has 0 spiro atoms. The quantitative estimate of drug-likeness (QED) is 0.0858. The van der Waals surface area contributed by atoms with Crippen molar-refractivity contribution < 1.29 is 47.5 Å². The molecule has 302 valence electrons. The molecule has 1 N–H and O–H groups in total. The summed E-state index contributed by atoms with van der Waals surface area (Å²) in [5.41, 5.74) is 2.20. The number of hydrogen-bond donors (Lipinski definition) is 1. The van der Waals surface area contributed by atoms with Gasteiger partial charge in [0.1, 0.15) is 0 Å². The van der Waals surface area contributed by atoms with Gasteiger partial charge in [0.15, 0.2) is 12.2 Å². The average molecular weight is 779 g/mol. The van der Waals surface area contributed by atoms with Crippen LogP contribution < -0.4 is 10.4 Å². The number of carbonyl (C=O) groups is 2. The van der Waals surface area contributed by atoms with E-state index in [1.165, 1.54) is 10.4 Å². The third-order valence-corrected chi connectivity index (χ3v) is 15.9. The summed E-state index contributed by atoms with van der Waals surface area (Å²) in [6.45, 7) is 19.5. The lowest BCUT2D eigenvalue weighted by molar-refractivity contribution is -0.145. The first-order chi connectivity index (χ1) is 26.3. The summed E-state index contributed by atoms with van der Waals surface area (Å²) in [6.07, 6.45) is 6.41. The van der Waals surface area contributed by atoms with Crippen molar-refractivity contribution in [2.24, 2.45) is 0 Å². The molecule has 0 aromatic heterocycles. The fourth-order valence-electron chi connectivity index (χ4n) is 8.00. The Balaban J connectivity index is 0.000000256. The highest BCUT2D eigenvalue weighted by molar-refractivity contribution is 6.99. The van der Waals surface area contributed by atoms with Crippen LogP contribution in [0.5, 0.6) is 0 Å². The van der Waals surface area contributed by atoms with Gasteiger partial charge in [-0.25, -0.2) is 9.59 Å². The third kappa shape index (κ3) is 11.2.